The summed E-state index contributed by atoms with van der Waals surface area (Å²) in [7, 11) is 0. The smallest absolute Gasteiger partial charge is 0.101 e. The highest BCUT2D eigenvalue weighted by atomic mass is 15.1. The molecule has 1 fully saturated rings. The minimum Gasteiger partial charge on any atom is -0.314 e. The van der Waals surface area contributed by atoms with Crippen LogP contribution in [0.2, 0.25) is 0 Å². The van der Waals surface area contributed by atoms with Gasteiger partial charge < -0.3 is 10.6 Å². The van der Waals surface area contributed by atoms with Gasteiger partial charge >= 0.3 is 0 Å². The van der Waals surface area contributed by atoms with Crippen LogP contribution in [0.4, 0.5) is 0 Å². The fourth-order valence-electron chi connectivity index (χ4n) is 2.70. The molecule has 3 heteroatoms. The molecule has 3 unspecified atom stereocenters. The van der Waals surface area contributed by atoms with Crippen LogP contribution in [0.1, 0.15) is 40.0 Å². The molecule has 0 aliphatic carbocycles. The van der Waals surface area contributed by atoms with Crippen LogP contribution in [0.5, 0.6) is 0 Å². The average molecular weight is 223 g/mol. The lowest BCUT2D eigenvalue weighted by Crippen LogP contribution is -2.40. The van der Waals surface area contributed by atoms with Crippen molar-refractivity contribution >= 4 is 0 Å². The number of nitrogens with two attached hydrogens (primary N) is 1. The molecular formula is C13H25N3. The van der Waals surface area contributed by atoms with Gasteiger partial charge in [-0.05, 0) is 44.6 Å². The molecule has 0 amide bonds. The van der Waals surface area contributed by atoms with Crippen LogP contribution in [-0.4, -0.2) is 30.1 Å². The van der Waals surface area contributed by atoms with Crippen molar-refractivity contribution in [2.75, 3.05) is 19.6 Å². The van der Waals surface area contributed by atoms with Crippen molar-refractivity contribution in [2.24, 2.45) is 17.6 Å². The minimum absolute atomic E-state index is 0.646. The van der Waals surface area contributed by atoms with Crippen LogP contribution >= 0.6 is 0 Å². The first-order valence-corrected chi connectivity index (χ1v) is 6.35. The molecule has 3 nitrogen and oxygen atoms in total. The molecule has 16 heavy (non-hydrogen) atoms. The Labute approximate surface area is 99.6 Å². The predicted molar refractivity (Wildman–Crippen MR) is 66.8 cm³/mol. The molecule has 0 aromatic rings. The molecule has 0 bridgehead atoms. The van der Waals surface area contributed by atoms with E-state index in [0.29, 0.717) is 0 Å². The van der Waals surface area contributed by atoms with Gasteiger partial charge in [0.1, 0.15) is 5.54 Å². The Hall–Kier alpha value is -0.590. The molecule has 1 heterocycles. The van der Waals surface area contributed by atoms with E-state index < -0.39 is 5.54 Å². The zero-order valence-corrected chi connectivity index (χ0v) is 10.9. The highest BCUT2D eigenvalue weighted by Crippen LogP contribution is 2.21. The third-order valence-electron chi connectivity index (χ3n) is 3.37. The largest absolute Gasteiger partial charge is 0.314 e. The van der Waals surface area contributed by atoms with Gasteiger partial charge in [0.05, 0.1) is 6.07 Å². The summed E-state index contributed by atoms with van der Waals surface area (Å²) in [5.41, 5.74) is 5.16. The minimum atomic E-state index is -0.646. The summed E-state index contributed by atoms with van der Waals surface area (Å²) in [6.07, 6.45) is 3.17. The molecular weight excluding hydrogens is 198 g/mol. The number of piperidine rings is 1. The van der Waals surface area contributed by atoms with Gasteiger partial charge in [0.15, 0.2) is 0 Å². The van der Waals surface area contributed by atoms with Crippen LogP contribution in [0.25, 0.3) is 0 Å². The SMILES string of the molecule is CC1CC(C)CN(CCCC(C)(N)C#N)C1. The second-order valence-corrected chi connectivity index (χ2v) is 5.84. The quantitative estimate of drug-likeness (QED) is 0.793. The number of hydrogen-bond donors (Lipinski definition) is 1. The summed E-state index contributed by atoms with van der Waals surface area (Å²) in [4.78, 5) is 2.52. The van der Waals surface area contributed by atoms with E-state index in [4.69, 9.17) is 11.0 Å². The topological polar surface area (TPSA) is 53.0 Å². The average Bonchev–Trinajstić information content (AvgIpc) is 2.16. The summed E-state index contributed by atoms with van der Waals surface area (Å²) < 4.78 is 0. The molecule has 0 spiro atoms. The van der Waals surface area contributed by atoms with Crippen molar-refractivity contribution in [2.45, 2.75) is 45.6 Å². The van der Waals surface area contributed by atoms with Crippen LogP contribution < -0.4 is 5.73 Å². The molecule has 1 aliphatic rings. The van der Waals surface area contributed by atoms with Crippen molar-refractivity contribution in [1.29, 1.82) is 5.26 Å². The van der Waals surface area contributed by atoms with Crippen LogP contribution in [-0.2, 0) is 0 Å². The van der Waals surface area contributed by atoms with Gasteiger partial charge in [-0.2, -0.15) is 5.26 Å². The molecule has 1 aliphatic heterocycles. The Balaban J connectivity index is 2.25. The van der Waals surface area contributed by atoms with E-state index >= 15 is 0 Å². The number of likely N-dealkylation sites (tertiary alicyclic amines) is 1. The number of nitrogens with zero attached hydrogens (tertiary/aromatic N) is 2. The molecule has 2 N–H and O–H groups in total. The van der Waals surface area contributed by atoms with Gasteiger partial charge in [0, 0.05) is 13.1 Å². The van der Waals surface area contributed by atoms with E-state index in [1.165, 1.54) is 19.5 Å². The Bertz CT molecular complexity index is 244. The molecule has 0 radical (unpaired) electrons. The normalized spacial score (nSPS) is 30.7. The first-order valence-electron chi connectivity index (χ1n) is 6.35. The van der Waals surface area contributed by atoms with Gasteiger partial charge in [-0.3, -0.25) is 0 Å². The lowest BCUT2D eigenvalue weighted by molar-refractivity contribution is 0.137. The summed E-state index contributed by atoms with van der Waals surface area (Å²) in [6, 6.07) is 2.16. The van der Waals surface area contributed by atoms with Crippen molar-refractivity contribution in [3.8, 4) is 6.07 Å². The molecule has 0 aromatic heterocycles. The number of rotatable bonds is 4. The lowest BCUT2D eigenvalue weighted by Gasteiger charge is -2.35. The number of nitriles is 1. The Morgan fingerprint density at radius 3 is 2.44 bits per heavy atom. The van der Waals surface area contributed by atoms with E-state index in [1.807, 2.05) is 6.92 Å². The van der Waals surface area contributed by atoms with E-state index in [0.717, 1.165) is 31.2 Å². The standard InChI is InChI=1S/C13H25N3/c1-11-7-12(2)9-16(8-11)6-4-5-13(3,15)10-14/h11-12H,4-9,15H2,1-3H3. The summed E-state index contributed by atoms with van der Waals surface area (Å²) in [6.45, 7) is 9.96. The molecule has 0 aromatic carbocycles. The fraction of sp³-hybridized carbons (Fsp3) is 0.923. The van der Waals surface area contributed by atoms with Crippen LogP contribution in [0.3, 0.4) is 0 Å². The second-order valence-electron chi connectivity index (χ2n) is 5.84. The molecule has 1 saturated heterocycles. The Kier molecular flexibility index (Phi) is 4.76. The molecule has 3 atom stereocenters. The maximum Gasteiger partial charge on any atom is 0.101 e. The first-order chi connectivity index (χ1) is 7.43. The fourth-order valence-corrected chi connectivity index (χ4v) is 2.70. The third-order valence-corrected chi connectivity index (χ3v) is 3.37. The van der Waals surface area contributed by atoms with E-state index in [2.05, 4.69) is 24.8 Å². The lowest BCUT2D eigenvalue weighted by atomic mass is 9.91. The zero-order valence-electron chi connectivity index (χ0n) is 10.9. The molecule has 0 saturated carbocycles. The van der Waals surface area contributed by atoms with E-state index in [-0.39, 0.29) is 0 Å². The van der Waals surface area contributed by atoms with Gasteiger partial charge in [-0.25, -0.2) is 0 Å². The van der Waals surface area contributed by atoms with Gasteiger partial charge in [0.25, 0.3) is 0 Å². The maximum absolute atomic E-state index is 8.83. The third kappa shape index (κ3) is 4.51. The van der Waals surface area contributed by atoms with Crippen molar-refractivity contribution < 1.29 is 0 Å². The zero-order chi connectivity index (χ0) is 12.2. The second kappa shape index (κ2) is 5.65. The highest BCUT2D eigenvalue weighted by molar-refractivity contribution is 5.00. The first kappa shape index (κ1) is 13.5. The van der Waals surface area contributed by atoms with Crippen molar-refractivity contribution in [1.82, 2.24) is 4.90 Å². The predicted octanol–water partition coefficient (Wildman–Crippen LogP) is 1.99. The van der Waals surface area contributed by atoms with Crippen molar-refractivity contribution in [3.63, 3.8) is 0 Å². The molecule has 92 valence electrons. The highest BCUT2D eigenvalue weighted by Gasteiger charge is 2.22. The molecule has 1 rings (SSSR count). The summed E-state index contributed by atoms with van der Waals surface area (Å²) in [5, 5.41) is 8.83. The maximum atomic E-state index is 8.83. The monoisotopic (exact) mass is 223 g/mol. The van der Waals surface area contributed by atoms with E-state index in [1.54, 1.807) is 0 Å². The Morgan fingerprint density at radius 2 is 1.94 bits per heavy atom. The van der Waals surface area contributed by atoms with Gasteiger partial charge in [-0.15, -0.1) is 0 Å². The summed E-state index contributed by atoms with van der Waals surface area (Å²) >= 11 is 0. The van der Waals surface area contributed by atoms with Crippen LogP contribution in [0.15, 0.2) is 0 Å². The summed E-state index contributed by atoms with van der Waals surface area (Å²) in [5.74, 6) is 1.62. The van der Waals surface area contributed by atoms with Gasteiger partial charge in [-0.1, -0.05) is 13.8 Å². The Morgan fingerprint density at radius 1 is 1.38 bits per heavy atom. The van der Waals surface area contributed by atoms with Crippen molar-refractivity contribution in [3.05, 3.63) is 0 Å². The van der Waals surface area contributed by atoms with E-state index in [9.17, 15) is 0 Å². The number of hydrogen-bond acceptors (Lipinski definition) is 3. The van der Waals surface area contributed by atoms with Crippen LogP contribution in [0, 0.1) is 23.2 Å². The van der Waals surface area contributed by atoms with Gasteiger partial charge in [0.2, 0.25) is 0 Å².